The summed E-state index contributed by atoms with van der Waals surface area (Å²) in [5.74, 6) is -0.844. The minimum absolute atomic E-state index is 0.0163. The molecule has 2 aromatic heterocycles. The molecular weight excluding hydrogens is 638 g/mol. The zero-order chi connectivity index (χ0) is 35.7. The second-order valence-corrected chi connectivity index (χ2v) is 12.2. The Bertz CT molecular complexity index is 2030. The Balaban J connectivity index is 0.000000459. The predicted molar refractivity (Wildman–Crippen MR) is 175 cm³/mol. The van der Waals surface area contributed by atoms with Gasteiger partial charge < -0.3 is 28.3 Å². The summed E-state index contributed by atoms with van der Waals surface area (Å²) in [5.41, 5.74) is 1.51. The summed E-state index contributed by atoms with van der Waals surface area (Å²) in [7, 11) is 1.29. The largest absolute Gasteiger partial charge is 0.515 e. The van der Waals surface area contributed by atoms with Crippen LogP contribution in [0.25, 0.3) is 22.3 Å². The molecule has 2 aliphatic rings. The molecule has 1 atom stereocenters. The number of aryl methyl sites for hydroxylation is 1. The third-order valence-corrected chi connectivity index (χ3v) is 8.10. The lowest BCUT2D eigenvalue weighted by molar-refractivity contribution is -0.384. The fraction of sp³-hybridized carbons (Fsp3) is 0.343. The van der Waals surface area contributed by atoms with E-state index in [4.69, 9.17) is 23.9 Å². The number of hydrogen-bond acceptors (Lipinski definition) is 12. The fourth-order valence-corrected chi connectivity index (χ4v) is 5.86. The van der Waals surface area contributed by atoms with E-state index in [2.05, 4.69) is 11.7 Å². The Morgan fingerprint density at radius 3 is 2.33 bits per heavy atom. The minimum Gasteiger partial charge on any atom is -0.457 e. The van der Waals surface area contributed by atoms with Crippen LogP contribution in [-0.2, 0) is 48.9 Å². The highest BCUT2D eigenvalue weighted by molar-refractivity contribution is 5.89. The zero-order valence-corrected chi connectivity index (χ0v) is 27.9. The molecule has 0 radical (unpaired) electrons. The van der Waals surface area contributed by atoms with Gasteiger partial charge in [0, 0.05) is 28.6 Å². The van der Waals surface area contributed by atoms with Crippen LogP contribution in [0.5, 0.6) is 5.75 Å². The number of aromatic nitrogens is 2. The molecule has 2 aliphatic heterocycles. The third kappa shape index (κ3) is 6.66. The summed E-state index contributed by atoms with van der Waals surface area (Å²) in [6.45, 7) is 9.10. The fourth-order valence-electron chi connectivity index (χ4n) is 5.86. The number of pyridine rings is 2. The minimum atomic E-state index is -1.94. The van der Waals surface area contributed by atoms with Crippen molar-refractivity contribution in [3.8, 4) is 17.1 Å². The van der Waals surface area contributed by atoms with E-state index >= 15 is 0 Å². The number of para-hydroxylation sites is 1. The van der Waals surface area contributed by atoms with Gasteiger partial charge in [-0.2, -0.15) is 0 Å². The monoisotopic (exact) mass is 673 g/mol. The second-order valence-electron chi connectivity index (χ2n) is 12.2. The summed E-state index contributed by atoms with van der Waals surface area (Å²) >= 11 is 0. The normalized spacial score (nSPS) is 15.8. The average Bonchev–Trinajstić information content (AvgIpc) is 3.43. The number of carbonyl (C=O) groups excluding carboxylic acids is 3. The molecule has 2 aromatic carbocycles. The number of nitro groups is 1. The van der Waals surface area contributed by atoms with Crippen molar-refractivity contribution >= 4 is 34.9 Å². The molecule has 0 spiro atoms. The number of non-ortho nitro benzene ring substituents is 1. The molecule has 4 heterocycles. The van der Waals surface area contributed by atoms with E-state index in [1.165, 1.54) is 31.4 Å². The second kappa shape index (κ2) is 13.4. The maximum atomic E-state index is 13.8. The van der Waals surface area contributed by atoms with Crippen LogP contribution in [-0.4, -0.2) is 45.5 Å². The lowest BCUT2D eigenvalue weighted by Gasteiger charge is -2.35. The van der Waals surface area contributed by atoms with E-state index in [1.54, 1.807) is 38.3 Å². The van der Waals surface area contributed by atoms with Gasteiger partial charge in [0.15, 0.2) is 0 Å². The maximum Gasteiger partial charge on any atom is 0.515 e. The summed E-state index contributed by atoms with van der Waals surface area (Å²) < 4.78 is 26.8. The van der Waals surface area contributed by atoms with Gasteiger partial charge in [-0.15, -0.1) is 0 Å². The topological polar surface area (TPSA) is 175 Å². The lowest BCUT2D eigenvalue weighted by atomic mass is 9.85. The SMILES string of the molecule is CCc1c2c(nc3ccccc13)-c1cc3c(c(=O)n1C2)COC(=O)C3(CC)OC(=O)Oc1ccc([N+](=O)[O-])cc1.COC(=O)OC(C)(C)C. The quantitative estimate of drug-likeness (QED) is 0.0666. The van der Waals surface area contributed by atoms with Crippen molar-refractivity contribution in [3.63, 3.8) is 0 Å². The number of hydrogen-bond donors (Lipinski definition) is 0. The Morgan fingerprint density at radius 2 is 1.73 bits per heavy atom. The van der Waals surface area contributed by atoms with Crippen molar-refractivity contribution in [2.45, 2.75) is 71.8 Å². The van der Waals surface area contributed by atoms with Gasteiger partial charge in [0.2, 0.25) is 5.60 Å². The van der Waals surface area contributed by atoms with Crippen LogP contribution in [0, 0.1) is 10.1 Å². The first-order valence-electron chi connectivity index (χ1n) is 15.5. The highest BCUT2D eigenvalue weighted by atomic mass is 16.7. The van der Waals surface area contributed by atoms with Crippen LogP contribution < -0.4 is 10.3 Å². The van der Waals surface area contributed by atoms with Gasteiger partial charge in [0.1, 0.15) is 18.0 Å². The number of esters is 1. The summed E-state index contributed by atoms with van der Waals surface area (Å²) in [6.07, 6.45) is -1.15. The van der Waals surface area contributed by atoms with Gasteiger partial charge in [-0.05, 0) is 63.4 Å². The third-order valence-electron chi connectivity index (χ3n) is 8.10. The Kier molecular flexibility index (Phi) is 9.43. The Hall–Kier alpha value is -5.79. The van der Waals surface area contributed by atoms with Gasteiger partial charge in [-0.3, -0.25) is 14.9 Å². The molecule has 0 amide bonds. The average molecular weight is 674 g/mol. The van der Waals surface area contributed by atoms with Crippen LogP contribution in [0.3, 0.4) is 0 Å². The van der Waals surface area contributed by atoms with E-state index in [-0.39, 0.29) is 41.2 Å². The number of cyclic esters (lactones) is 1. The smallest absolute Gasteiger partial charge is 0.457 e. The number of nitro benzene ring substituents is 1. The van der Waals surface area contributed by atoms with E-state index in [0.29, 0.717) is 17.9 Å². The van der Waals surface area contributed by atoms with Crippen molar-refractivity contribution in [1.82, 2.24) is 9.55 Å². The van der Waals surface area contributed by atoms with Crippen LogP contribution >= 0.6 is 0 Å². The van der Waals surface area contributed by atoms with E-state index < -0.39 is 34.4 Å². The molecule has 0 saturated carbocycles. The van der Waals surface area contributed by atoms with Gasteiger partial charge >= 0.3 is 18.3 Å². The number of rotatable bonds is 5. The van der Waals surface area contributed by atoms with Crippen LogP contribution in [0.15, 0.2) is 59.4 Å². The Labute approximate surface area is 280 Å². The maximum absolute atomic E-state index is 13.8. The highest BCUT2D eigenvalue weighted by Crippen LogP contribution is 2.42. The molecule has 49 heavy (non-hydrogen) atoms. The molecule has 14 nitrogen and oxygen atoms in total. The highest BCUT2D eigenvalue weighted by Gasteiger charge is 2.51. The molecule has 0 fully saturated rings. The first kappa shape index (κ1) is 34.5. The molecule has 256 valence electrons. The van der Waals surface area contributed by atoms with Crippen molar-refractivity contribution in [3.05, 3.63) is 97.3 Å². The van der Waals surface area contributed by atoms with E-state index in [0.717, 1.165) is 28.5 Å². The number of benzene rings is 2. The van der Waals surface area contributed by atoms with Crippen molar-refractivity contribution < 1.29 is 43.0 Å². The van der Waals surface area contributed by atoms with Crippen molar-refractivity contribution in [2.24, 2.45) is 0 Å². The summed E-state index contributed by atoms with van der Waals surface area (Å²) in [5, 5.41) is 11.9. The Morgan fingerprint density at radius 1 is 1.04 bits per heavy atom. The molecule has 4 aromatic rings. The van der Waals surface area contributed by atoms with E-state index in [1.807, 2.05) is 24.3 Å². The number of nitrogens with zero attached hydrogens (tertiary/aromatic N) is 3. The number of fused-ring (bicyclic) bond motifs is 5. The van der Waals surface area contributed by atoms with Crippen LogP contribution in [0.2, 0.25) is 0 Å². The van der Waals surface area contributed by atoms with Gasteiger partial charge in [-0.25, -0.2) is 19.4 Å². The van der Waals surface area contributed by atoms with Gasteiger partial charge in [0.25, 0.3) is 11.2 Å². The number of methoxy groups -OCH3 is 1. The molecule has 1 unspecified atom stereocenters. The first-order chi connectivity index (χ1) is 23.2. The molecule has 0 bridgehead atoms. The summed E-state index contributed by atoms with van der Waals surface area (Å²) in [4.78, 5) is 65.4. The predicted octanol–water partition coefficient (Wildman–Crippen LogP) is 6.34. The van der Waals surface area contributed by atoms with Crippen molar-refractivity contribution in [2.75, 3.05) is 7.11 Å². The number of carbonyl (C=O) groups is 3. The number of ether oxygens (including phenoxy) is 5. The molecule has 14 heteroatoms. The lowest BCUT2D eigenvalue weighted by Crippen LogP contribution is -2.47. The molecular formula is C35H35N3O11. The molecule has 0 saturated heterocycles. The first-order valence-corrected chi connectivity index (χ1v) is 15.5. The van der Waals surface area contributed by atoms with Gasteiger partial charge in [-0.1, -0.05) is 32.0 Å². The van der Waals surface area contributed by atoms with Crippen molar-refractivity contribution in [1.29, 1.82) is 0 Å². The van der Waals surface area contributed by atoms with Crippen LogP contribution in [0.1, 0.15) is 63.3 Å². The summed E-state index contributed by atoms with van der Waals surface area (Å²) in [6, 6.07) is 14.3. The molecule has 0 N–H and O–H groups in total. The van der Waals surface area contributed by atoms with Gasteiger partial charge in [0.05, 0.1) is 41.0 Å². The zero-order valence-electron chi connectivity index (χ0n) is 27.9. The standard InChI is InChI=1S/C29H23N3O8.C6H12O3/c1-3-18-19-7-5-6-8-23(19)30-25-20(18)14-31-24(25)13-22-21(26(31)33)15-38-27(34)29(22,4-2)40-28(35)39-17-11-9-16(10-12-17)32(36)37;1-6(2,3)9-5(7)8-4/h5-13H,3-4,14-15H2,1-2H3;1-4H3. The molecule has 6 rings (SSSR count). The molecule has 0 aliphatic carbocycles. The van der Waals surface area contributed by atoms with Crippen LogP contribution in [0.4, 0.5) is 15.3 Å². The van der Waals surface area contributed by atoms with E-state index in [9.17, 15) is 29.3 Å².